The van der Waals surface area contributed by atoms with E-state index in [0.717, 1.165) is 36.2 Å². The van der Waals surface area contributed by atoms with Crippen LogP contribution in [0.1, 0.15) is 12.8 Å². The molecular formula is C16H16BrFN2O. The maximum atomic E-state index is 14.1. The van der Waals surface area contributed by atoms with E-state index in [1.165, 1.54) is 12.6 Å². The minimum absolute atomic E-state index is 0.255. The average molecular weight is 351 g/mol. The van der Waals surface area contributed by atoms with E-state index in [0.29, 0.717) is 17.0 Å². The van der Waals surface area contributed by atoms with Gasteiger partial charge in [0.2, 0.25) is 0 Å². The number of nitrogens with zero attached hydrogens (tertiary/aromatic N) is 2. The normalized spacial score (nSPS) is 27.4. The molecule has 2 fully saturated rings. The molecule has 1 saturated carbocycles. The van der Waals surface area contributed by atoms with E-state index >= 15 is 0 Å². The van der Waals surface area contributed by atoms with Crippen LogP contribution in [0.5, 0.6) is 0 Å². The molecule has 2 heterocycles. The van der Waals surface area contributed by atoms with E-state index in [9.17, 15) is 4.39 Å². The highest BCUT2D eigenvalue weighted by atomic mass is 79.9. The van der Waals surface area contributed by atoms with E-state index in [2.05, 4.69) is 21.0 Å². The summed E-state index contributed by atoms with van der Waals surface area (Å²) in [5.74, 6) is 0.326. The molecular weight excluding hydrogens is 335 g/mol. The highest BCUT2D eigenvalue weighted by Crippen LogP contribution is 2.58. The Bertz CT molecular complexity index is 661. The Labute approximate surface area is 131 Å². The summed E-state index contributed by atoms with van der Waals surface area (Å²) in [4.78, 5) is 0. The molecule has 0 amide bonds. The molecule has 110 valence electrons. The van der Waals surface area contributed by atoms with Gasteiger partial charge >= 0.3 is 0 Å². The van der Waals surface area contributed by atoms with Crippen LogP contribution in [-0.2, 0) is 11.3 Å². The molecule has 3 nitrogen and oxygen atoms in total. The van der Waals surface area contributed by atoms with Crippen molar-refractivity contribution in [3.8, 4) is 11.3 Å². The van der Waals surface area contributed by atoms with Gasteiger partial charge in [-0.05, 0) is 30.9 Å². The van der Waals surface area contributed by atoms with Gasteiger partial charge in [-0.3, -0.25) is 4.68 Å². The summed E-state index contributed by atoms with van der Waals surface area (Å²) in [5, 5.41) is 4.43. The molecule has 1 saturated heterocycles. The Hall–Kier alpha value is -1.20. The lowest BCUT2D eigenvalue weighted by molar-refractivity contribution is 0.177. The fraction of sp³-hybridized carbons (Fsp3) is 0.438. The van der Waals surface area contributed by atoms with Gasteiger partial charge in [0.05, 0.1) is 12.8 Å². The molecule has 1 aliphatic carbocycles. The number of halogens is 2. The number of benzene rings is 1. The fourth-order valence-corrected chi connectivity index (χ4v) is 3.58. The minimum Gasteiger partial charge on any atom is -0.381 e. The Morgan fingerprint density at radius 1 is 1.38 bits per heavy atom. The second kappa shape index (κ2) is 4.92. The van der Waals surface area contributed by atoms with Gasteiger partial charge < -0.3 is 4.74 Å². The Morgan fingerprint density at radius 2 is 2.19 bits per heavy atom. The van der Waals surface area contributed by atoms with Crippen molar-refractivity contribution in [3.05, 3.63) is 40.8 Å². The number of rotatable bonds is 3. The van der Waals surface area contributed by atoms with Gasteiger partial charge in [0.25, 0.3) is 0 Å². The summed E-state index contributed by atoms with van der Waals surface area (Å²) in [5.41, 5.74) is 1.60. The van der Waals surface area contributed by atoms with Gasteiger partial charge in [0.15, 0.2) is 5.82 Å². The first-order chi connectivity index (χ1) is 10.2. The van der Waals surface area contributed by atoms with Gasteiger partial charge in [-0.15, -0.1) is 0 Å². The molecule has 21 heavy (non-hydrogen) atoms. The number of hydrogen-bond donors (Lipinski definition) is 0. The molecule has 5 heteroatoms. The Morgan fingerprint density at radius 3 is 2.90 bits per heavy atom. The van der Waals surface area contributed by atoms with Crippen molar-refractivity contribution >= 4 is 15.9 Å². The number of aromatic nitrogens is 2. The largest absolute Gasteiger partial charge is 0.381 e. The van der Waals surface area contributed by atoms with Gasteiger partial charge in [0.1, 0.15) is 5.69 Å². The van der Waals surface area contributed by atoms with Crippen molar-refractivity contribution in [3.63, 3.8) is 0 Å². The third kappa shape index (κ3) is 2.42. The van der Waals surface area contributed by atoms with Crippen LogP contribution in [0.15, 0.2) is 34.9 Å². The number of hydrogen-bond acceptors (Lipinski definition) is 2. The standard InChI is InChI=1S/C16H16BrFN2O/c17-13-3-1-11(2-4-13)15-14(18)9-20(19-15)8-12-7-16(12)5-6-21-10-16/h1-4,9,12H,5-8,10H2. The SMILES string of the molecule is Fc1cn(CC2CC23CCOC3)nc1-c1ccc(Br)cc1. The van der Waals surface area contributed by atoms with Crippen molar-refractivity contribution in [1.29, 1.82) is 0 Å². The molecule has 2 unspecified atom stereocenters. The second-order valence-electron chi connectivity index (χ2n) is 6.12. The second-order valence-corrected chi connectivity index (χ2v) is 7.04. The van der Waals surface area contributed by atoms with Gasteiger partial charge in [0, 0.05) is 28.6 Å². The topological polar surface area (TPSA) is 27.1 Å². The summed E-state index contributed by atoms with van der Waals surface area (Å²) in [7, 11) is 0. The van der Waals surface area contributed by atoms with Crippen LogP contribution < -0.4 is 0 Å². The molecule has 2 atom stereocenters. The van der Waals surface area contributed by atoms with Crippen LogP contribution in [0.4, 0.5) is 4.39 Å². The zero-order valence-electron chi connectivity index (χ0n) is 11.6. The molecule has 1 aliphatic heterocycles. The molecule has 1 aromatic heterocycles. The van der Waals surface area contributed by atoms with E-state index in [4.69, 9.17) is 4.74 Å². The van der Waals surface area contributed by atoms with Crippen molar-refractivity contribution in [2.45, 2.75) is 19.4 Å². The van der Waals surface area contributed by atoms with E-state index < -0.39 is 0 Å². The summed E-state index contributed by atoms with van der Waals surface area (Å²) < 4.78 is 22.3. The van der Waals surface area contributed by atoms with Crippen molar-refractivity contribution in [2.24, 2.45) is 11.3 Å². The quantitative estimate of drug-likeness (QED) is 0.839. The highest BCUT2D eigenvalue weighted by molar-refractivity contribution is 9.10. The zero-order chi connectivity index (χ0) is 14.4. The van der Waals surface area contributed by atoms with Gasteiger partial charge in [-0.25, -0.2) is 4.39 Å². The van der Waals surface area contributed by atoms with Crippen LogP contribution in [-0.4, -0.2) is 23.0 Å². The smallest absolute Gasteiger partial charge is 0.169 e. The lowest BCUT2D eigenvalue weighted by atomic mass is 10.0. The summed E-state index contributed by atoms with van der Waals surface area (Å²) in [6.07, 6.45) is 3.84. The van der Waals surface area contributed by atoms with E-state index in [-0.39, 0.29) is 5.82 Å². The first kappa shape index (κ1) is 13.5. The summed E-state index contributed by atoms with van der Waals surface area (Å²) in [6.45, 7) is 2.52. The molecule has 4 rings (SSSR count). The maximum absolute atomic E-state index is 14.1. The molecule has 2 aromatic rings. The zero-order valence-corrected chi connectivity index (χ0v) is 13.1. The molecule has 0 radical (unpaired) electrons. The number of ether oxygens (including phenoxy) is 1. The maximum Gasteiger partial charge on any atom is 0.169 e. The average Bonchev–Trinajstić information content (AvgIpc) is 2.80. The molecule has 1 spiro atoms. The predicted molar refractivity (Wildman–Crippen MR) is 81.3 cm³/mol. The molecule has 2 aliphatic rings. The van der Waals surface area contributed by atoms with E-state index in [1.54, 1.807) is 4.68 Å². The van der Waals surface area contributed by atoms with Crippen LogP contribution in [0.25, 0.3) is 11.3 Å². The van der Waals surface area contributed by atoms with Crippen LogP contribution in [0.3, 0.4) is 0 Å². The lowest BCUT2D eigenvalue weighted by Gasteiger charge is -2.06. The van der Waals surface area contributed by atoms with Gasteiger partial charge in [-0.1, -0.05) is 28.1 Å². The monoisotopic (exact) mass is 350 g/mol. The first-order valence-electron chi connectivity index (χ1n) is 7.23. The summed E-state index contributed by atoms with van der Waals surface area (Å²) >= 11 is 3.39. The van der Waals surface area contributed by atoms with Crippen LogP contribution in [0.2, 0.25) is 0 Å². The molecule has 1 aromatic carbocycles. The van der Waals surface area contributed by atoms with E-state index in [1.807, 2.05) is 24.3 Å². The van der Waals surface area contributed by atoms with Crippen molar-refractivity contribution < 1.29 is 9.13 Å². The molecule has 0 bridgehead atoms. The van der Waals surface area contributed by atoms with Crippen molar-refractivity contribution in [2.75, 3.05) is 13.2 Å². The van der Waals surface area contributed by atoms with Gasteiger partial charge in [-0.2, -0.15) is 5.10 Å². The third-order valence-electron chi connectivity index (χ3n) is 4.73. The summed E-state index contributed by atoms with van der Waals surface area (Å²) in [6, 6.07) is 7.56. The van der Waals surface area contributed by atoms with Crippen molar-refractivity contribution in [1.82, 2.24) is 9.78 Å². The third-order valence-corrected chi connectivity index (χ3v) is 5.26. The minimum atomic E-state index is -0.255. The predicted octanol–water partition coefficient (Wildman–Crippen LogP) is 3.88. The highest BCUT2D eigenvalue weighted by Gasteiger charge is 2.56. The fourth-order valence-electron chi connectivity index (χ4n) is 3.32. The first-order valence-corrected chi connectivity index (χ1v) is 8.02. The lowest BCUT2D eigenvalue weighted by Crippen LogP contribution is -2.09. The Balaban J connectivity index is 1.53. The van der Waals surface area contributed by atoms with Crippen LogP contribution in [0, 0.1) is 17.2 Å². The Kier molecular flexibility index (Phi) is 3.15. The van der Waals surface area contributed by atoms with Crippen LogP contribution >= 0.6 is 15.9 Å². The molecule has 0 N–H and O–H groups in total.